The number of halogens is 3. The van der Waals surface area contributed by atoms with Gasteiger partial charge in [0, 0.05) is 32.7 Å². The lowest BCUT2D eigenvalue weighted by atomic mass is 9.98. The Bertz CT molecular complexity index is 756. The minimum Gasteiger partial charge on any atom is -0.379 e. The van der Waals surface area contributed by atoms with Crippen molar-refractivity contribution in [3.05, 3.63) is 35.4 Å². The molecule has 2 fully saturated rings. The summed E-state index contributed by atoms with van der Waals surface area (Å²) in [7, 11) is 0. The van der Waals surface area contributed by atoms with Crippen LogP contribution in [0.5, 0.6) is 0 Å². The zero-order chi connectivity index (χ0) is 24.2. The second-order valence-electron chi connectivity index (χ2n) is 9.43. The highest BCUT2D eigenvalue weighted by Gasteiger charge is 2.35. The molecule has 4 atom stereocenters. The summed E-state index contributed by atoms with van der Waals surface area (Å²) >= 11 is 0. The van der Waals surface area contributed by atoms with Crippen LogP contribution in [0.4, 0.5) is 13.2 Å². The van der Waals surface area contributed by atoms with Crippen molar-refractivity contribution in [2.45, 2.75) is 58.2 Å². The number of carbonyl (C=O) groups is 1. The number of alkyl halides is 3. The Morgan fingerprint density at radius 1 is 1.06 bits per heavy atom. The molecule has 0 saturated carbocycles. The number of hydrogen-bond donors (Lipinski definition) is 1. The van der Waals surface area contributed by atoms with Crippen LogP contribution in [-0.2, 0) is 20.4 Å². The lowest BCUT2D eigenvalue weighted by Gasteiger charge is -2.41. The van der Waals surface area contributed by atoms with Crippen molar-refractivity contribution in [1.29, 1.82) is 0 Å². The van der Waals surface area contributed by atoms with E-state index in [2.05, 4.69) is 15.1 Å². The molecule has 2 aliphatic heterocycles. The molecule has 1 amide bonds. The maximum Gasteiger partial charge on any atom is 0.416 e. The van der Waals surface area contributed by atoms with Gasteiger partial charge in [-0.3, -0.25) is 14.6 Å². The number of morpholine rings is 2. The molecule has 1 aromatic carbocycles. The maximum absolute atomic E-state index is 13.3. The Balaban J connectivity index is 1.74. The summed E-state index contributed by atoms with van der Waals surface area (Å²) < 4.78 is 50.4. The van der Waals surface area contributed by atoms with E-state index in [9.17, 15) is 18.0 Å². The molecule has 33 heavy (non-hydrogen) atoms. The SMILES string of the molecule is CC1CN(C(C(=O)NCC(c2ccc(C(F)(F)F)cc2)N2CCOCC2)C(C)C)CC(C)O1. The van der Waals surface area contributed by atoms with Gasteiger partial charge in [-0.1, -0.05) is 26.0 Å². The normalized spacial score (nSPS) is 25.1. The van der Waals surface area contributed by atoms with Gasteiger partial charge in [0.15, 0.2) is 0 Å². The Hall–Kier alpha value is -1.68. The van der Waals surface area contributed by atoms with E-state index in [0.717, 1.165) is 17.7 Å². The van der Waals surface area contributed by atoms with Crippen LogP contribution in [-0.4, -0.2) is 79.9 Å². The number of amides is 1. The third kappa shape index (κ3) is 6.91. The van der Waals surface area contributed by atoms with E-state index in [1.807, 2.05) is 27.7 Å². The van der Waals surface area contributed by atoms with Crippen LogP contribution in [0.1, 0.15) is 44.9 Å². The van der Waals surface area contributed by atoms with Gasteiger partial charge in [0.05, 0.1) is 43.1 Å². The average Bonchev–Trinajstić information content (AvgIpc) is 2.73. The molecular weight excluding hydrogens is 435 g/mol. The van der Waals surface area contributed by atoms with E-state index < -0.39 is 11.7 Å². The molecule has 2 aliphatic rings. The molecular formula is C24H36F3N3O3. The quantitative estimate of drug-likeness (QED) is 0.661. The van der Waals surface area contributed by atoms with E-state index in [-0.39, 0.29) is 36.1 Å². The molecule has 2 heterocycles. The van der Waals surface area contributed by atoms with Crippen LogP contribution in [0.15, 0.2) is 24.3 Å². The van der Waals surface area contributed by atoms with Crippen LogP contribution in [0.25, 0.3) is 0 Å². The largest absolute Gasteiger partial charge is 0.416 e. The fourth-order valence-electron chi connectivity index (χ4n) is 4.88. The van der Waals surface area contributed by atoms with Crippen molar-refractivity contribution in [1.82, 2.24) is 15.1 Å². The number of carbonyl (C=O) groups excluding carboxylic acids is 1. The molecule has 1 N–H and O–H groups in total. The van der Waals surface area contributed by atoms with E-state index in [1.165, 1.54) is 12.1 Å². The lowest BCUT2D eigenvalue weighted by molar-refractivity contribution is -0.137. The standard InChI is InChI=1S/C24H36F3N3O3/c1-16(2)22(30-14-17(3)33-18(4)15-30)23(31)28-13-21(29-9-11-32-12-10-29)19-5-7-20(8-6-19)24(25,26)27/h5-8,16-18,21-22H,9-15H2,1-4H3,(H,28,31). The zero-order valence-electron chi connectivity index (χ0n) is 19.9. The minimum atomic E-state index is -4.38. The molecule has 0 spiro atoms. The molecule has 0 bridgehead atoms. The molecule has 0 radical (unpaired) electrons. The number of ether oxygens (including phenoxy) is 2. The lowest BCUT2D eigenvalue weighted by Crippen LogP contribution is -2.57. The highest BCUT2D eigenvalue weighted by molar-refractivity contribution is 5.82. The fourth-order valence-corrected chi connectivity index (χ4v) is 4.88. The van der Waals surface area contributed by atoms with Gasteiger partial charge in [-0.2, -0.15) is 13.2 Å². The third-order valence-corrected chi connectivity index (χ3v) is 6.32. The summed E-state index contributed by atoms with van der Waals surface area (Å²) in [6.45, 7) is 12.2. The molecule has 1 aromatic rings. The van der Waals surface area contributed by atoms with Crippen molar-refractivity contribution in [3.63, 3.8) is 0 Å². The van der Waals surface area contributed by atoms with Crippen molar-refractivity contribution < 1.29 is 27.4 Å². The van der Waals surface area contributed by atoms with Crippen LogP contribution in [0, 0.1) is 5.92 Å². The summed E-state index contributed by atoms with van der Waals surface area (Å²) in [4.78, 5) is 17.7. The van der Waals surface area contributed by atoms with E-state index in [1.54, 1.807) is 0 Å². The zero-order valence-corrected chi connectivity index (χ0v) is 19.9. The van der Waals surface area contributed by atoms with Crippen LogP contribution < -0.4 is 5.32 Å². The smallest absolute Gasteiger partial charge is 0.379 e. The number of nitrogens with one attached hydrogen (secondary N) is 1. The summed E-state index contributed by atoms with van der Waals surface area (Å²) in [5.74, 6) is 0.0480. The summed E-state index contributed by atoms with van der Waals surface area (Å²) in [6, 6.07) is 4.73. The van der Waals surface area contributed by atoms with Gasteiger partial charge in [-0.05, 0) is 37.5 Å². The predicted molar refractivity (Wildman–Crippen MR) is 120 cm³/mol. The van der Waals surface area contributed by atoms with Crippen LogP contribution in [0.2, 0.25) is 0 Å². The Morgan fingerprint density at radius 3 is 2.15 bits per heavy atom. The highest BCUT2D eigenvalue weighted by atomic mass is 19.4. The van der Waals surface area contributed by atoms with Crippen molar-refractivity contribution in [2.75, 3.05) is 45.9 Å². The second kappa shape index (κ2) is 11.2. The maximum atomic E-state index is 13.3. The Kier molecular flexibility index (Phi) is 8.77. The average molecular weight is 472 g/mol. The predicted octanol–water partition coefficient (Wildman–Crippen LogP) is 3.33. The van der Waals surface area contributed by atoms with Crippen molar-refractivity contribution in [2.24, 2.45) is 5.92 Å². The number of rotatable bonds is 7. The van der Waals surface area contributed by atoms with Crippen LogP contribution >= 0.6 is 0 Å². The second-order valence-corrected chi connectivity index (χ2v) is 9.43. The first-order chi connectivity index (χ1) is 15.6. The highest BCUT2D eigenvalue weighted by Crippen LogP contribution is 2.31. The first-order valence-corrected chi connectivity index (χ1v) is 11.7. The Labute approximate surface area is 194 Å². The van der Waals surface area contributed by atoms with Gasteiger partial charge in [-0.15, -0.1) is 0 Å². The molecule has 2 saturated heterocycles. The van der Waals surface area contributed by atoms with Crippen molar-refractivity contribution >= 4 is 5.91 Å². The topological polar surface area (TPSA) is 54.0 Å². The van der Waals surface area contributed by atoms with Crippen LogP contribution in [0.3, 0.4) is 0 Å². The summed E-state index contributed by atoms with van der Waals surface area (Å²) in [5, 5.41) is 3.11. The number of benzene rings is 1. The van der Waals surface area contributed by atoms with Gasteiger partial charge in [-0.25, -0.2) is 0 Å². The first kappa shape index (κ1) is 25.9. The molecule has 4 unspecified atom stereocenters. The molecule has 9 heteroatoms. The van der Waals surface area contributed by atoms with Gasteiger partial charge in [0.2, 0.25) is 5.91 Å². The van der Waals surface area contributed by atoms with E-state index >= 15 is 0 Å². The van der Waals surface area contributed by atoms with E-state index in [0.29, 0.717) is 45.9 Å². The molecule has 186 valence electrons. The van der Waals surface area contributed by atoms with Gasteiger partial charge >= 0.3 is 6.18 Å². The Morgan fingerprint density at radius 2 is 1.64 bits per heavy atom. The minimum absolute atomic E-state index is 0.0519. The molecule has 0 aliphatic carbocycles. The number of nitrogens with zero attached hydrogens (tertiary/aromatic N) is 2. The number of hydrogen-bond acceptors (Lipinski definition) is 5. The van der Waals surface area contributed by atoms with Gasteiger partial charge in [0.1, 0.15) is 0 Å². The molecule has 0 aromatic heterocycles. The first-order valence-electron chi connectivity index (χ1n) is 11.7. The molecule has 3 rings (SSSR count). The van der Waals surface area contributed by atoms with E-state index in [4.69, 9.17) is 9.47 Å². The molecule has 6 nitrogen and oxygen atoms in total. The fraction of sp³-hybridized carbons (Fsp3) is 0.708. The summed E-state index contributed by atoms with van der Waals surface area (Å²) in [6.07, 6.45) is -4.27. The van der Waals surface area contributed by atoms with Gasteiger partial charge in [0.25, 0.3) is 0 Å². The summed E-state index contributed by atoms with van der Waals surface area (Å²) in [5.41, 5.74) is 0.0753. The van der Waals surface area contributed by atoms with Gasteiger partial charge < -0.3 is 14.8 Å². The van der Waals surface area contributed by atoms with Crippen molar-refractivity contribution in [3.8, 4) is 0 Å². The monoisotopic (exact) mass is 471 g/mol. The third-order valence-electron chi connectivity index (χ3n) is 6.32.